The van der Waals surface area contributed by atoms with Gasteiger partial charge in [0.2, 0.25) is 0 Å². The highest BCUT2D eigenvalue weighted by Gasteiger charge is 2.13. The average molecular weight is 352 g/mol. The van der Waals surface area contributed by atoms with Crippen LogP contribution in [-0.4, -0.2) is 25.6 Å². The molecule has 2 heterocycles. The Bertz CT molecular complexity index is 970. The lowest BCUT2D eigenvalue weighted by Gasteiger charge is -1.97. The fourth-order valence-corrected chi connectivity index (χ4v) is 4.23. The molecule has 0 spiro atoms. The van der Waals surface area contributed by atoms with Crippen LogP contribution in [0.1, 0.15) is 15.2 Å². The van der Waals surface area contributed by atoms with Crippen molar-refractivity contribution in [2.75, 3.05) is 11.6 Å². The van der Waals surface area contributed by atoms with Crippen molar-refractivity contribution in [2.24, 2.45) is 0 Å². The second kappa shape index (κ2) is 5.45. The van der Waals surface area contributed by atoms with E-state index in [9.17, 15) is 13.2 Å². The smallest absolute Gasteiger partial charge is 0.258 e. The summed E-state index contributed by atoms with van der Waals surface area (Å²) in [4.78, 5) is 17.7. The molecule has 0 saturated heterocycles. The molecular weight excluding hydrogens is 340 g/mol. The lowest BCUT2D eigenvalue weighted by molar-refractivity contribution is 0.102. The zero-order valence-corrected chi connectivity index (χ0v) is 14.2. The predicted octanol–water partition coefficient (Wildman–Crippen LogP) is 3.32. The van der Waals surface area contributed by atoms with Crippen molar-refractivity contribution in [2.45, 2.75) is 11.8 Å². The van der Waals surface area contributed by atoms with Gasteiger partial charge in [0.1, 0.15) is 0 Å². The highest BCUT2D eigenvalue weighted by molar-refractivity contribution is 7.90. The van der Waals surface area contributed by atoms with Crippen molar-refractivity contribution in [1.29, 1.82) is 0 Å². The third-order valence-electron chi connectivity index (χ3n) is 3.00. The first-order valence-electron chi connectivity index (χ1n) is 6.30. The minimum Gasteiger partial charge on any atom is -0.298 e. The fourth-order valence-electron chi connectivity index (χ4n) is 1.92. The highest BCUT2D eigenvalue weighted by Crippen LogP contribution is 2.28. The topological polar surface area (TPSA) is 76.1 Å². The van der Waals surface area contributed by atoms with Crippen molar-refractivity contribution < 1.29 is 13.2 Å². The van der Waals surface area contributed by atoms with Crippen molar-refractivity contribution in [3.8, 4) is 0 Å². The lowest BCUT2D eigenvalue weighted by atomic mass is 10.3. The molecule has 0 unspecified atom stereocenters. The average Bonchev–Trinajstić information content (AvgIpc) is 3.02. The summed E-state index contributed by atoms with van der Waals surface area (Å²) in [6.45, 7) is 1.94. The number of rotatable bonds is 3. The molecule has 1 N–H and O–H groups in total. The first-order valence-corrected chi connectivity index (χ1v) is 9.89. The number of hydrogen-bond donors (Lipinski definition) is 1. The maximum absolute atomic E-state index is 12.1. The molecule has 3 aromatic rings. The monoisotopic (exact) mass is 352 g/mol. The molecule has 0 aliphatic rings. The molecule has 114 valence electrons. The molecule has 2 aromatic heterocycles. The summed E-state index contributed by atoms with van der Waals surface area (Å²) in [6.07, 6.45) is 1.16. The van der Waals surface area contributed by atoms with Crippen LogP contribution < -0.4 is 5.32 Å². The Kier molecular flexibility index (Phi) is 3.75. The zero-order valence-electron chi connectivity index (χ0n) is 11.8. The Balaban J connectivity index is 1.90. The van der Waals surface area contributed by atoms with E-state index in [2.05, 4.69) is 10.3 Å². The summed E-state index contributed by atoms with van der Waals surface area (Å²) < 4.78 is 23.9. The van der Waals surface area contributed by atoms with Gasteiger partial charge >= 0.3 is 0 Å². The molecule has 1 amide bonds. The van der Waals surface area contributed by atoms with Crippen molar-refractivity contribution >= 4 is 53.8 Å². The molecule has 5 nitrogen and oxygen atoms in total. The van der Waals surface area contributed by atoms with Crippen LogP contribution >= 0.6 is 22.7 Å². The van der Waals surface area contributed by atoms with Gasteiger partial charge in [0.25, 0.3) is 5.91 Å². The Labute approximate surface area is 135 Å². The van der Waals surface area contributed by atoms with Crippen LogP contribution in [0.25, 0.3) is 10.2 Å². The number of thiophene rings is 1. The molecular formula is C14H12N2O3S3. The van der Waals surface area contributed by atoms with Gasteiger partial charge in [0, 0.05) is 16.5 Å². The van der Waals surface area contributed by atoms with Crippen LogP contribution in [0.4, 0.5) is 5.13 Å². The highest BCUT2D eigenvalue weighted by atomic mass is 32.2. The molecule has 0 atom stereocenters. The third-order valence-corrected chi connectivity index (χ3v) is 5.91. The molecule has 22 heavy (non-hydrogen) atoms. The standard InChI is InChI=1S/C14H12N2O3S3/c1-8-5-9(7-20-8)13(17)16-14-15-11-4-3-10(22(2,18)19)6-12(11)21-14/h3-7H,1-2H3,(H,15,16,17). The number of amides is 1. The van der Waals surface area contributed by atoms with E-state index in [1.54, 1.807) is 17.5 Å². The number of aromatic nitrogens is 1. The molecule has 3 rings (SSSR count). The van der Waals surface area contributed by atoms with Gasteiger partial charge in [-0.05, 0) is 31.2 Å². The van der Waals surface area contributed by atoms with E-state index in [-0.39, 0.29) is 10.8 Å². The van der Waals surface area contributed by atoms with Crippen molar-refractivity contribution in [1.82, 2.24) is 4.98 Å². The van der Waals surface area contributed by atoms with E-state index >= 15 is 0 Å². The van der Waals surface area contributed by atoms with Crippen molar-refractivity contribution in [3.05, 3.63) is 40.1 Å². The number of fused-ring (bicyclic) bond motifs is 1. The second-order valence-corrected chi connectivity index (χ2v) is 8.98. The molecule has 0 bridgehead atoms. The first kappa shape index (κ1) is 15.1. The van der Waals surface area contributed by atoms with E-state index in [1.807, 2.05) is 13.0 Å². The van der Waals surface area contributed by atoms with Gasteiger partial charge in [-0.25, -0.2) is 13.4 Å². The predicted molar refractivity (Wildman–Crippen MR) is 89.7 cm³/mol. The van der Waals surface area contributed by atoms with E-state index in [0.29, 0.717) is 16.2 Å². The van der Waals surface area contributed by atoms with Crippen LogP contribution in [0, 0.1) is 6.92 Å². The van der Waals surface area contributed by atoms with Gasteiger partial charge < -0.3 is 0 Å². The number of anilines is 1. The van der Waals surface area contributed by atoms with Gasteiger partial charge in [0.05, 0.1) is 20.7 Å². The summed E-state index contributed by atoms with van der Waals surface area (Å²) >= 11 is 2.76. The van der Waals surface area contributed by atoms with Gasteiger partial charge in [-0.3, -0.25) is 10.1 Å². The largest absolute Gasteiger partial charge is 0.298 e. The number of carbonyl (C=O) groups excluding carboxylic acids is 1. The summed E-state index contributed by atoms with van der Waals surface area (Å²) in [5.74, 6) is -0.216. The van der Waals surface area contributed by atoms with E-state index in [1.165, 1.54) is 28.7 Å². The number of aryl methyl sites for hydroxylation is 1. The molecule has 1 aromatic carbocycles. The first-order chi connectivity index (χ1) is 10.3. The summed E-state index contributed by atoms with van der Waals surface area (Å²) in [6, 6.07) is 6.56. The minimum absolute atomic E-state index is 0.216. The Morgan fingerprint density at radius 2 is 2.05 bits per heavy atom. The molecule has 0 fully saturated rings. The lowest BCUT2D eigenvalue weighted by Crippen LogP contribution is -2.10. The van der Waals surface area contributed by atoms with Gasteiger partial charge in [-0.15, -0.1) is 11.3 Å². The van der Waals surface area contributed by atoms with Crippen LogP contribution in [0.15, 0.2) is 34.5 Å². The summed E-state index contributed by atoms with van der Waals surface area (Å²) in [5, 5.41) is 4.99. The molecule has 0 radical (unpaired) electrons. The van der Waals surface area contributed by atoms with Crippen LogP contribution in [0.3, 0.4) is 0 Å². The van der Waals surface area contributed by atoms with Crippen molar-refractivity contribution in [3.63, 3.8) is 0 Å². The van der Waals surface area contributed by atoms with E-state index in [4.69, 9.17) is 0 Å². The zero-order chi connectivity index (χ0) is 15.9. The summed E-state index contributed by atoms with van der Waals surface area (Å²) in [7, 11) is -3.26. The third kappa shape index (κ3) is 3.03. The molecule has 0 aliphatic heterocycles. The normalized spacial score (nSPS) is 11.7. The number of nitrogens with zero attached hydrogens (tertiary/aromatic N) is 1. The molecule has 0 aliphatic carbocycles. The van der Waals surface area contributed by atoms with Crippen LogP contribution in [0.5, 0.6) is 0 Å². The molecule has 8 heteroatoms. The SMILES string of the molecule is Cc1cc(C(=O)Nc2nc3ccc(S(C)(=O)=O)cc3s2)cs1. The van der Waals surface area contributed by atoms with Gasteiger partial charge in [-0.2, -0.15) is 0 Å². The summed E-state index contributed by atoms with van der Waals surface area (Å²) in [5.41, 5.74) is 1.26. The number of sulfone groups is 1. The Morgan fingerprint density at radius 1 is 1.27 bits per heavy atom. The minimum atomic E-state index is -3.26. The fraction of sp³-hybridized carbons (Fsp3) is 0.143. The van der Waals surface area contributed by atoms with Gasteiger partial charge in [0.15, 0.2) is 15.0 Å². The number of thiazole rings is 1. The number of nitrogens with one attached hydrogen (secondary N) is 1. The maximum Gasteiger partial charge on any atom is 0.258 e. The number of benzene rings is 1. The number of carbonyl (C=O) groups is 1. The van der Waals surface area contributed by atoms with Crippen LogP contribution in [-0.2, 0) is 9.84 Å². The quantitative estimate of drug-likeness (QED) is 0.784. The molecule has 0 saturated carbocycles. The van der Waals surface area contributed by atoms with E-state index < -0.39 is 9.84 Å². The second-order valence-electron chi connectivity index (χ2n) is 4.82. The Morgan fingerprint density at radius 3 is 2.68 bits per heavy atom. The maximum atomic E-state index is 12.1. The number of hydrogen-bond acceptors (Lipinski definition) is 6. The van der Waals surface area contributed by atoms with Gasteiger partial charge in [-0.1, -0.05) is 11.3 Å². The van der Waals surface area contributed by atoms with E-state index in [0.717, 1.165) is 15.8 Å². The van der Waals surface area contributed by atoms with Crippen LogP contribution in [0.2, 0.25) is 0 Å². The Hall–Kier alpha value is -1.77.